The molecule has 0 atom stereocenters. The fourth-order valence-electron chi connectivity index (χ4n) is 1.82. The lowest BCUT2D eigenvalue weighted by Crippen LogP contribution is -2.72. The number of carbonyl (C=O) groups is 1. The molecule has 0 aromatic heterocycles. The highest BCUT2D eigenvalue weighted by Gasteiger charge is 2.73. The number of benzene rings is 1. The number of nitrogens with one attached hydrogen (secondary N) is 2. The zero-order valence-electron chi connectivity index (χ0n) is 13.8. The third kappa shape index (κ3) is 5.38. The van der Waals surface area contributed by atoms with Crippen molar-refractivity contribution in [1.29, 1.82) is 0 Å². The van der Waals surface area contributed by atoms with E-state index in [2.05, 4.69) is 4.74 Å². The third-order valence-corrected chi connectivity index (χ3v) is 3.93. The number of alkyl carbamates (subject to hydrolysis) is 1. The minimum Gasteiger partial charge on any atom is -0.447 e. The van der Waals surface area contributed by atoms with Crippen LogP contribution in [0.15, 0.2) is 29.2 Å². The maximum atomic E-state index is 13.4. The standard InChI is InChI=1S/C13H15F6N3O4S/c1-7(2)26-10(23)22-11(12(14,15)16,13(17,18)19)21-8-3-5-9(6-4-8)27(20,24)25/h3-7,21H,1-2H3,(H,22,23)(H2,20,24,25). The lowest BCUT2D eigenvalue weighted by Gasteiger charge is -2.38. The second-order valence-corrected chi connectivity index (χ2v) is 7.08. The van der Waals surface area contributed by atoms with Gasteiger partial charge in [-0.15, -0.1) is 0 Å². The largest absolute Gasteiger partial charge is 0.447 e. The summed E-state index contributed by atoms with van der Waals surface area (Å²) in [6, 6.07) is 2.64. The molecule has 0 aliphatic rings. The van der Waals surface area contributed by atoms with Gasteiger partial charge in [-0.1, -0.05) is 0 Å². The normalized spacial score (nSPS) is 13.4. The van der Waals surface area contributed by atoms with Crippen LogP contribution < -0.4 is 15.8 Å². The molecule has 14 heteroatoms. The van der Waals surface area contributed by atoms with Crippen LogP contribution in [0.1, 0.15) is 13.8 Å². The first-order chi connectivity index (χ1) is 12.0. The van der Waals surface area contributed by atoms with Crippen LogP contribution in [0.25, 0.3) is 0 Å². The Labute approximate surface area is 149 Å². The Hall–Kier alpha value is -2.22. The second kappa shape index (κ2) is 7.42. The number of amides is 1. The monoisotopic (exact) mass is 423 g/mol. The second-order valence-electron chi connectivity index (χ2n) is 5.52. The van der Waals surface area contributed by atoms with E-state index in [-0.39, 0.29) is 0 Å². The van der Waals surface area contributed by atoms with Crippen molar-refractivity contribution in [2.45, 2.75) is 42.9 Å². The van der Waals surface area contributed by atoms with Gasteiger partial charge < -0.3 is 10.1 Å². The maximum absolute atomic E-state index is 13.4. The van der Waals surface area contributed by atoms with Crippen molar-refractivity contribution in [3.8, 4) is 0 Å². The molecule has 1 rings (SSSR count). The van der Waals surface area contributed by atoms with Gasteiger partial charge in [0, 0.05) is 5.69 Å². The molecule has 0 unspecified atom stereocenters. The molecule has 7 nitrogen and oxygen atoms in total. The smallest absolute Gasteiger partial charge is 0.439 e. The highest BCUT2D eigenvalue weighted by atomic mass is 32.2. The molecule has 0 fully saturated rings. The SMILES string of the molecule is CC(C)OC(=O)NC(Nc1ccc(S(N)(=O)=O)cc1)(C(F)(F)F)C(F)(F)F. The number of halogens is 6. The van der Waals surface area contributed by atoms with Gasteiger partial charge in [-0.2, -0.15) is 26.3 Å². The number of hydrogen-bond donors (Lipinski definition) is 3. The van der Waals surface area contributed by atoms with E-state index in [1.54, 1.807) is 0 Å². The van der Waals surface area contributed by atoms with Crippen LogP contribution in [-0.4, -0.2) is 38.6 Å². The van der Waals surface area contributed by atoms with Crippen molar-refractivity contribution in [3.05, 3.63) is 24.3 Å². The molecule has 0 bridgehead atoms. The fourth-order valence-corrected chi connectivity index (χ4v) is 2.33. The van der Waals surface area contributed by atoms with E-state index in [9.17, 15) is 39.6 Å². The molecule has 1 aromatic rings. The Morgan fingerprint density at radius 1 is 1.04 bits per heavy atom. The molecule has 0 aliphatic carbocycles. The Morgan fingerprint density at radius 2 is 1.48 bits per heavy atom. The number of carbonyl (C=O) groups excluding carboxylic acids is 1. The summed E-state index contributed by atoms with van der Waals surface area (Å²) in [4.78, 5) is 10.9. The van der Waals surface area contributed by atoms with E-state index in [0.717, 1.165) is 10.6 Å². The van der Waals surface area contributed by atoms with Gasteiger partial charge >= 0.3 is 24.1 Å². The number of anilines is 1. The van der Waals surface area contributed by atoms with Gasteiger partial charge in [0.1, 0.15) is 0 Å². The molecular formula is C13H15F6N3O4S. The molecule has 0 aliphatic heterocycles. The van der Waals surface area contributed by atoms with Gasteiger partial charge in [-0.25, -0.2) is 18.4 Å². The predicted molar refractivity (Wildman–Crippen MR) is 81.0 cm³/mol. The van der Waals surface area contributed by atoms with Crippen LogP contribution in [0.4, 0.5) is 36.8 Å². The lowest BCUT2D eigenvalue weighted by atomic mass is 10.1. The van der Waals surface area contributed by atoms with Gasteiger partial charge in [-0.05, 0) is 38.1 Å². The summed E-state index contributed by atoms with van der Waals surface area (Å²) in [5.74, 6) is 0. The van der Waals surface area contributed by atoms with Crippen LogP contribution in [0.5, 0.6) is 0 Å². The van der Waals surface area contributed by atoms with E-state index in [0.29, 0.717) is 24.3 Å². The first kappa shape index (κ1) is 22.8. The van der Waals surface area contributed by atoms with Gasteiger partial charge in [-0.3, -0.25) is 5.32 Å². The van der Waals surface area contributed by atoms with Crippen molar-refractivity contribution in [2.75, 3.05) is 5.32 Å². The third-order valence-electron chi connectivity index (χ3n) is 3.00. The molecule has 0 saturated carbocycles. The van der Waals surface area contributed by atoms with Gasteiger partial charge in [0.15, 0.2) is 0 Å². The number of rotatable bonds is 5. The van der Waals surface area contributed by atoms with Crippen LogP contribution in [0, 0.1) is 0 Å². The molecule has 0 heterocycles. The van der Waals surface area contributed by atoms with E-state index in [1.807, 2.05) is 0 Å². The number of hydrogen-bond acceptors (Lipinski definition) is 5. The zero-order chi connectivity index (χ0) is 21.3. The predicted octanol–water partition coefficient (Wildman–Crippen LogP) is 2.70. The molecular weight excluding hydrogens is 408 g/mol. The molecule has 1 amide bonds. The van der Waals surface area contributed by atoms with Crippen LogP contribution in [0.3, 0.4) is 0 Å². The number of ether oxygens (including phenoxy) is 1. The van der Waals surface area contributed by atoms with E-state index < -0.39 is 50.8 Å². The summed E-state index contributed by atoms with van der Waals surface area (Å²) < 4.78 is 107. The summed E-state index contributed by atoms with van der Waals surface area (Å²) in [6.45, 7) is 2.45. The average molecular weight is 423 g/mol. The maximum Gasteiger partial charge on any atom is 0.439 e. The molecule has 0 radical (unpaired) electrons. The molecule has 4 N–H and O–H groups in total. The van der Waals surface area contributed by atoms with Crippen LogP contribution in [0.2, 0.25) is 0 Å². The average Bonchev–Trinajstić information content (AvgIpc) is 2.42. The number of primary sulfonamides is 1. The Balaban J connectivity index is 3.38. The number of sulfonamides is 1. The molecule has 27 heavy (non-hydrogen) atoms. The summed E-state index contributed by atoms with van der Waals surface area (Å²) in [7, 11) is -4.21. The Morgan fingerprint density at radius 3 is 1.81 bits per heavy atom. The molecule has 154 valence electrons. The molecule has 1 aromatic carbocycles. The Kier molecular flexibility index (Phi) is 6.27. The van der Waals surface area contributed by atoms with Crippen molar-refractivity contribution in [1.82, 2.24) is 5.32 Å². The van der Waals surface area contributed by atoms with E-state index in [1.165, 1.54) is 13.8 Å². The minimum atomic E-state index is -6.04. The summed E-state index contributed by atoms with van der Waals surface area (Å²) >= 11 is 0. The van der Waals surface area contributed by atoms with Crippen molar-refractivity contribution < 1.29 is 44.3 Å². The summed E-state index contributed by atoms with van der Waals surface area (Å²) in [6.07, 6.45) is -15.0. The lowest BCUT2D eigenvalue weighted by molar-refractivity contribution is -0.295. The van der Waals surface area contributed by atoms with Gasteiger partial charge in [0.05, 0.1) is 11.0 Å². The van der Waals surface area contributed by atoms with Crippen molar-refractivity contribution >= 4 is 21.8 Å². The fraction of sp³-hybridized carbons (Fsp3) is 0.462. The van der Waals surface area contributed by atoms with Crippen LogP contribution in [-0.2, 0) is 14.8 Å². The minimum absolute atomic E-state index is 0.537. The van der Waals surface area contributed by atoms with Gasteiger partial charge in [0.2, 0.25) is 10.0 Å². The first-order valence-electron chi connectivity index (χ1n) is 7.03. The summed E-state index contributed by atoms with van der Waals surface area (Å²) in [5.41, 5.74) is -5.68. The number of nitrogens with two attached hydrogens (primary N) is 1. The summed E-state index contributed by atoms with van der Waals surface area (Å²) in [5, 5.41) is 6.73. The van der Waals surface area contributed by atoms with Gasteiger partial charge in [0.25, 0.3) is 0 Å². The number of alkyl halides is 6. The highest BCUT2D eigenvalue weighted by Crippen LogP contribution is 2.43. The van der Waals surface area contributed by atoms with E-state index >= 15 is 0 Å². The topological polar surface area (TPSA) is 111 Å². The van der Waals surface area contributed by atoms with Crippen molar-refractivity contribution in [2.24, 2.45) is 5.14 Å². The molecule has 0 saturated heterocycles. The Bertz CT molecular complexity index is 761. The van der Waals surface area contributed by atoms with Crippen LogP contribution >= 0.6 is 0 Å². The van der Waals surface area contributed by atoms with Crippen molar-refractivity contribution in [3.63, 3.8) is 0 Å². The quantitative estimate of drug-likeness (QED) is 0.498. The molecule has 0 spiro atoms. The highest BCUT2D eigenvalue weighted by molar-refractivity contribution is 7.89. The first-order valence-corrected chi connectivity index (χ1v) is 8.57. The van der Waals surface area contributed by atoms with E-state index in [4.69, 9.17) is 5.14 Å². The zero-order valence-corrected chi connectivity index (χ0v) is 14.6.